The second kappa shape index (κ2) is 9.28. The van der Waals surface area contributed by atoms with E-state index < -0.39 is 0 Å². The quantitative estimate of drug-likeness (QED) is 0.428. The summed E-state index contributed by atoms with van der Waals surface area (Å²) in [5.41, 5.74) is 2.98. The van der Waals surface area contributed by atoms with Crippen molar-refractivity contribution in [3.05, 3.63) is 36.4 Å². The van der Waals surface area contributed by atoms with Crippen LogP contribution < -0.4 is 14.8 Å². The molecule has 2 aliphatic heterocycles. The number of pyridine rings is 1. The molecule has 3 aromatic rings. The Labute approximate surface area is 183 Å². The number of benzene rings is 2. The third-order valence-electron chi connectivity index (χ3n) is 6.32. The summed E-state index contributed by atoms with van der Waals surface area (Å²) in [5, 5.41) is 5.88. The van der Waals surface area contributed by atoms with Gasteiger partial charge in [0.1, 0.15) is 0 Å². The van der Waals surface area contributed by atoms with Crippen LogP contribution in [0, 0.1) is 0 Å². The molecule has 6 nitrogen and oxygen atoms in total. The van der Waals surface area contributed by atoms with E-state index in [9.17, 15) is 0 Å². The van der Waals surface area contributed by atoms with Crippen molar-refractivity contribution in [3.63, 3.8) is 0 Å². The number of nitrogens with zero attached hydrogens (tertiary/aromatic N) is 2. The van der Waals surface area contributed by atoms with Crippen LogP contribution in [0.3, 0.4) is 0 Å². The average molecular weight is 422 g/mol. The normalized spacial score (nSPS) is 19.3. The van der Waals surface area contributed by atoms with E-state index in [0.717, 1.165) is 71.6 Å². The van der Waals surface area contributed by atoms with Crippen molar-refractivity contribution in [2.24, 2.45) is 0 Å². The Kier molecular flexibility index (Phi) is 6.09. The molecule has 2 saturated heterocycles. The van der Waals surface area contributed by atoms with Gasteiger partial charge in [-0.3, -0.25) is 0 Å². The van der Waals surface area contributed by atoms with E-state index in [1.54, 1.807) is 7.11 Å². The number of hydrogen-bond acceptors (Lipinski definition) is 6. The molecule has 0 bridgehead atoms. The number of methoxy groups -OCH3 is 1. The minimum absolute atomic E-state index is 0.307. The number of nitrogens with one attached hydrogen (secondary N) is 1. The SMILES string of the molecule is COc1cc2c(N[C@H]3CCOC3)c3ccccc3nc2cc1OCCCN1CCCC1. The number of likely N-dealkylation sites (tertiary alicyclic amines) is 1. The Hall–Kier alpha value is -2.57. The van der Waals surface area contributed by atoms with E-state index in [1.807, 2.05) is 12.1 Å². The third kappa shape index (κ3) is 4.41. The molecule has 0 unspecified atom stereocenters. The lowest BCUT2D eigenvalue weighted by molar-refractivity contribution is 0.195. The number of rotatable bonds is 8. The summed E-state index contributed by atoms with van der Waals surface area (Å²) in [6.45, 7) is 5.74. The molecule has 2 fully saturated rings. The van der Waals surface area contributed by atoms with Crippen molar-refractivity contribution in [3.8, 4) is 11.5 Å². The maximum absolute atomic E-state index is 6.15. The zero-order chi connectivity index (χ0) is 21.0. The maximum Gasteiger partial charge on any atom is 0.163 e. The Bertz CT molecular complexity index is 1040. The molecular weight excluding hydrogens is 390 g/mol. The van der Waals surface area contributed by atoms with Gasteiger partial charge in [0, 0.05) is 30.0 Å². The molecule has 1 N–H and O–H groups in total. The second-order valence-electron chi connectivity index (χ2n) is 8.48. The van der Waals surface area contributed by atoms with Gasteiger partial charge in [-0.2, -0.15) is 0 Å². The second-order valence-corrected chi connectivity index (χ2v) is 8.48. The highest BCUT2D eigenvalue weighted by Gasteiger charge is 2.20. The summed E-state index contributed by atoms with van der Waals surface area (Å²) in [6, 6.07) is 12.7. The minimum Gasteiger partial charge on any atom is -0.493 e. The number of ether oxygens (including phenoxy) is 3. The van der Waals surface area contributed by atoms with E-state index in [-0.39, 0.29) is 0 Å². The zero-order valence-corrected chi connectivity index (χ0v) is 18.2. The molecule has 0 radical (unpaired) electrons. The molecule has 3 heterocycles. The molecule has 2 aliphatic rings. The first kappa shape index (κ1) is 20.3. The molecule has 164 valence electrons. The standard InChI is InChI=1S/C25H31N3O3/c1-29-23-15-20-22(16-24(23)31-13-6-12-28-10-4-5-11-28)27-21-8-3-2-7-19(21)25(20)26-18-9-14-30-17-18/h2-3,7-8,15-16,18H,4-6,9-14,17H2,1H3,(H,26,27)/t18-/m0/s1. The molecule has 0 spiro atoms. The molecule has 31 heavy (non-hydrogen) atoms. The van der Waals surface area contributed by atoms with Crippen molar-refractivity contribution in [2.75, 3.05) is 51.9 Å². The van der Waals surface area contributed by atoms with E-state index >= 15 is 0 Å². The van der Waals surface area contributed by atoms with Gasteiger partial charge < -0.3 is 24.4 Å². The van der Waals surface area contributed by atoms with Gasteiger partial charge in [0.15, 0.2) is 11.5 Å². The van der Waals surface area contributed by atoms with Crippen LogP contribution in [0.15, 0.2) is 36.4 Å². The number of aromatic nitrogens is 1. The minimum atomic E-state index is 0.307. The summed E-state index contributed by atoms with van der Waals surface area (Å²) < 4.78 is 17.4. The van der Waals surface area contributed by atoms with Crippen molar-refractivity contribution in [2.45, 2.75) is 31.7 Å². The Morgan fingerprint density at radius 2 is 1.97 bits per heavy atom. The summed E-state index contributed by atoms with van der Waals surface area (Å²) in [6.07, 6.45) is 4.67. The average Bonchev–Trinajstić information content (AvgIpc) is 3.50. The highest BCUT2D eigenvalue weighted by Crippen LogP contribution is 2.38. The van der Waals surface area contributed by atoms with Crippen LogP contribution in [0.5, 0.6) is 11.5 Å². The fraction of sp³-hybridized carbons (Fsp3) is 0.480. The van der Waals surface area contributed by atoms with Gasteiger partial charge in [-0.25, -0.2) is 4.98 Å². The topological polar surface area (TPSA) is 55.9 Å². The van der Waals surface area contributed by atoms with Crippen LogP contribution in [0.25, 0.3) is 21.8 Å². The fourth-order valence-electron chi connectivity index (χ4n) is 4.66. The molecule has 0 amide bonds. The van der Waals surface area contributed by atoms with Gasteiger partial charge in [-0.15, -0.1) is 0 Å². The van der Waals surface area contributed by atoms with Crippen molar-refractivity contribution < 1.29 is 14.2 Å². The van der Waals surface area contributed by atoms with E-state index in [1.165, 1.54) is 25.9 Å². The summed E-state index contributed by atoms with van der Waals surface area (Å²) in [4.78, 5) is 7.44. The summed E-state index contributed by atoms with van der Waals surface area (Å²) >= 11 is 0. The first-order valence-electron chi connectivity index (χ1n) is 11.4. The molecule has 0 saturated carbocycles. The Balaban J connectivity index is 1.45. The van der Waals surface area contributed by atoms with E-state index in [4.69, 9.17) is 19.2 Å². The van der Waals surface area contributed by atoms with Crippen molar-refractivity contribution in [1.29, 1.82) is 0 Å². The van der Waals surface area contributed by atoms with Gasteiger partial charge in [0.25, 0.3) is 0 Å². The molecule has 1 atom stereocenters. The van der Waals surface area contributed by atoms with Crippen LogP contribution in [-0.4, -0.2) is 62.5 Å². The predicted molar refractivity (Wildman–Crippen MR) is 124 cm³/mol. The molecule has 6 heteroatoms. The third-order valence-corrected chi connectivity index (χ3v) is 6.32. The summed E-state index contributed by atoms with van der Waals surface area (Å²) in [5.74, 6) is 1.51. The van der Waals surface area contributed by atoms with Crippen molar-refractivity contribution >= 4 is 27.5 Å². The molecule has 0 aliphatic carbocycles. The van der Waals surface area contributed by atoms with Gasteiger partial charge in [-0.05, 0) is 50.9 Å². The van der Waals surface area contributed by atoms with Crippen LogP contribution >= 0.6 is 0 Å². The first-order valence-corrected chi connectivity index (χ1v) is 11.4. The lowest BCUT2D eigenvalue weighted by Crippen LogP contribution is -2.22. The smallest absolute Gasteiger partial charge is 0.163 e. The number of anilines is 1. The fourth-order valence-corrected chi connectivity index (χ4v) is 4.66. The molecular formula is C25H31N3O3. The zero-order valence-electron chi connectivity index (χ0n) is 18.2. The van der Waals surface area contributed by atoms with Crippen LogP contribution in [0.1, 0.15) is 25.7 Å². The number of para-hydroxylation sites is 1. The number of hydrogen-bond donors (Lipinski definition) is 1. The molecule has 5 rings (SSSR count). The van der Waals surface area contributed by atoms with Crippen LogP contribution in [0.4, 0.5) is 5.69 Å². The Morgan fingerprint density at radius 1 is 1.10 bits per heavy atom. The van der Waals surface area contributed by atoms with Gasteiger partial charge in [0.05, 0.1) is 43.1 Å². The summed E-state index contributed by atoms with van der Waals surface area (Å²) in [7, 11) is 1.70. The highest BCUT2D eigenvalue weighted by atomic mass is 16.5. The van der Waals surface area contributed by atoms with Gasteiger partial charge >= 0.3 is 0 Å². The number of fused-ring (bicyclic) bond motifs is 2. The molecule has 1 aromatic heterocycles. The van der Waals surface area contributed by atoms with Gasteiger partial charge in [0.2, 0.25) is 0 Å². The maximum atomic E-state index is 6.15. The lowest BCUT2D eigenvalue weighted by atomic mass is 10.1. The van der Waals surface area contributed by atoms with Crippen molar-refractivity contribution in [1.82, 2.24) is 9.88 Å². The lowest BCUT2D eigenvalue weighted by Gasteiger charge is -2.19. The molecule has 2 aromatic carbocycles. The first-order chi connectivity index (χ1) is 15.3. The Morgan fingerprint density at radius 3 is 2.77 bits per heavy atom. The van der Waals surface area contributed by atoms with Crippen LogP contribution in [-0.2, 0) is 4.74 Å². The largest absolute Gasteiger partial charge is 0.493 e. The predicted octanol–water partition coefficient (Wildman–Crippen LogP) is 4.46. The van der Waals surface area contributed by atoms with Gasteiger partial charge in [-0.1, -0.05) is 18.2 Å². The van der Waals surface area contributed by atoms with E-state index in [0.29, 0.717) is 12.6 Å². The van der Waals surface area contributed by atoms with E-state index in [2.05, 4.69) is 34.5 Å². The highest BCUT2D eigenvalue weighted by molar-refractivity contribution is 6.08. The van der Waals surface area contributed by atoms with Crippen LogP contribution in [0.2, 0.25) is 0 Å². The monoisotopic (exact) mass is 421 g/mol.